The maximum absolute atomic E-state index is 13.5. The molecule has 0 radical (unpaired) electrons. The zero-order valence-electron chi connectivity index (χ0n) is 14.6. The number of carboxylic acids is 1. The zero-order chi connectivity index (χ0) is 18.2. The Balaban J connectivity index is 1.75. The van der Waals surface area contributed by atoms with Crippen LogP contribution in [0, 0.1) is 5.82 Å². The van der Waals surface area contributed by atoms with E-state index in [2.05, 4.69) is 10.2 Å². The van der Waals surface area contributed by atoms with Crippen LogP contribution in [0.2, 0.25) is 0 Å². The van der Waals surface area contributed by atoms with Crippen molar-refractivity contribution in [1.82, 2.24) is 9.80 Å². The molecule has 25 heavy (non-hydrogen) atoms. The third-order valence-electron chi connectivity index (χ3n) is 4.60. The number of likely N-dealkylation sites (tertiary alicyclic amines) is 1. The molecule has 1 atom stereocenters. The number of likely N-dealkylation sites (N-methyl/N-ethyl adjacent to an activating group) is 1. The highest BCUT2D eigenvalue weighted by molar-refractivity contribution is 5.90. The number of hydrogen-bond donors (Lipinski definition) is 2. The summed E-state index contributed by atoms with van der Waals surface area (Å²) in [6.07, 6.45) is 3.13. The molecule has 0 spiro atoms. The van der Waals surface area contributed by atoms with E-state index in [9.17, 15) is 14.0 Å². The molecule has 1 aromatic carbocycles. The van der Waals surface area contributed by atoms with E-state index in [0.717, 1.165) is 32.4 Å². The van der Waals surface area contributed by atoms with Crippen LogP contribution in [0.5, 0.6) is 0 Å². The molecule has 2 rings (SSSR count). The van der Waals surface area contributed by atoms with E-state index in [0.29, 0.717) is 13.0 Å². The minimum absolute atomic E-state index is 0.0513. The average molecular weight is 351 g/mol. The van der Waals surface area contributed by atoms with Crippen LogP contribution < -0.4 is 5.32 Å². The number of amides is 1. The number of aliphatic carboxylic acids is 1. The van der Waals surface area contributed by atoms with Gasteiger partial charge in [0.15, 0.2) is 0 Å². The Morgan fingerprint density at radius 3 is 2.80 bits per heavy atom. The van der Waals surface area contributed by atoms with Gasteiger partial charge >= 0.3 is 5.97 Å². The average Bonchev–Trinajstić information content (AvgIpc) is 2.80. The second kappa shape index (κ2) is 9.48. The van der Waals surface area contributed by atoms with E-state index >= 15 is 0 Å². The maximum Gasteiger partial charge on any atom is 0.317 e. The van der Waals surface area contributed by atoms with Crippen molar-refractivity contribution < 1.29 is 19.1 Å². The van der Waals surface area contributed by atoms with E-state index in [1.54, 1.807) is 18.2 Å². The summed E-state index contributed by atoms with van der Waals surface area (Å²) in [5.74, 6) is -1.45. The van der Waals surface area contributed by atoms with Crippen molar-refractivity contribution >= 4 is 17.6 Å². The monoisotopic (exact) mass is 351 g/mol. The van der Waals surface area contributed by atoms with Gasteiger partial charge in [-0.05, 0) is 51.5 Å². The fourth-order valence-electron chi connectivity index (χ4n) is 3.18. The van der Waals surface area contributed by atoms with Gasteiger partial charge in [0.1, 0.15) is 5.82 Å². The lowest BCUT2D eigenvalue weighted by Gasteiger charge is -2.25. The molecule has 1 aliphatic rings. The van der Waals surface area contributed by atoms with Gasteiger partial charge in [0, 0.05) is 19.0 Å². The summed E-state index contributed by atoms with van der Waals surface area (Å²) in [4.78, 5) is 26.9. The quantitative estimate of drug-likeness (QED) is 0.786. The van der Waals surface area contributed by atoms with Crippen LogP contribution in [-0.4, -0.2) is 66.1 Å². The highest BCUT2D eigenvalue weighted by Gasteiger charge is 2.22. The van der Waals surface area contributed by atoms with Crippen molar-refractivity contribution in [2.24, 2.45) is 0 Å². The Bertz CT molecular complexity index is 597. The van der Waals surface area contributed by atoms with Crippen LogP contribution in [0.1, 0.15) is 25.7 Å². The summed E-state index contributed by atoms with van der Waals surface area (Å²) in [7, 11) is 1.84. The number of nitrogens with zero attached hydrogens (tertiary/aromatic N) is 2. The van der Waals surface area contributed by atoms with Crippen LogP contribution in [0.15, 0.2) is 24.3 Å². The van der Waals surface area contributed by atoms with Gasteiger partial charge in [-0.25, -0.2) is 4.39 Å². The predicted molar refractivity (Wildman–Crippen MR) is 94.0 cm³/mol. The Morgan fingerprint density at radius 1 is 1.32 bits per heavy atom. The number of hydrogen-bond acceptors (Lipinski definition) is 4. The zero-order valence-corrected chi connectivity index (χ0v) is 14.6. The molecule has 1 saturated heterocycles. The minimum Gasteiger partial charge on any atom is -0.480 e. The number of carbonyl (C=O) groups excluding carboxylic acids is 1. The normalized spacial score (nSPS) is 18.8. The first-order valence-corrected chi connectivity index (χ1v) is 8.64. The van der Waals surface area contributed by atoms with Gasteiger partial charge < -0.3 is 15.3 Å². The summed E-state index contributed by atoms with van der Waals surface area (Å²) >= 11 is 0. The summed E-state index contributed by atoms with van der Waals surface area (Å²) < 4.78 is 13.5. The fraction of sp³-hybridized carbons (Fsp3) is 0.556. The van der Waals surface area contributed by atoms with Crippen molar-refractivity contribution in [2.45, 2.75) is 31.7 Å². The molecule has 0 aliphatic carbocycles. The molecular formula is C18H26FN3O3. The first-order chi connectivity index (χ1) is 12.0. The van der Waals surface area contributed by atoms with Gasteiger partial charge in [0.25, 0.3) is 0 Å². The van der Waals surface area contributed by atoms with E-state index in [1.165, 1.54) is 6.07 Å². The van der Waals surface area contributed by atoms with Gasteiger partial charge in [-0.2, -0.15) is 0 Å². The van der Waals surface area contributed by atoms with Crippen molar-refractivity contribution in [1.29, 1.82) is 0 Å². The number of benzene rings is 1. The summed E-state index contributed by atoms with van der Waals surface area (Å²) in [6, 6.07) is 6.38. The predicted octanol–water partition coefficient (Wildman–Crippen LogP) is 2.03. The second-order valence-electron chi connectivity index (χ2n) is 6.51. The number of para-hydroxylation sites is 1. The van der Waals surface area contributed by atoms with Crippen LogP contribution in [0.25, 0.3) is 0 Å². The smallest absolute Gasteiger partial charge is 0.317 e. The maximum atomic E-state index is 13.5. The number of carboxylic acid groups (broad SMARTS) is 1. The molecule has 2 N–H and O–H groups in total. The lowest BCUT2D eigenvalue weighted by molar-refractivity contribution is -0.138. The molecule has 6 nitrogen and oxygen atoms in total. The van der Waals surface area contributed by atoms with Crippen LogP contribution in [0.3, 0.4) is 0 Å². The molecule has 1 aliphatic heterocycles. The Labute approximate surface area is 147 Å². The molecule has 1 heterocycles. The van der Waals surface area contributed by atoms with Crippen molar-refractivity contribution in [3.8, 4) is 0 Å². The molecular weight excluding hydrogens is 325 g/mol. The summed E-state index contributed by atoms with van der Waals surface area (Å²) in [6.45, 7) is 2.40. The second-order valence-corrected chi connectivity index (χ2v) is 6.51. The van der Waals surface area contributed by atoms with Gasteiger partial charge in [-0.1, -0.05) is 12.1 Å². The van der Waals surface area contributed by atoms with E-state index in [1.807, 2.05) is 11.9 Å². The Hall–Kier alpha value is -1.99. The highest BCUT2D eigenvalue weighted by Crippen LogP contribution is 2.16. The third kappa shape index (κ3) is 6.43. The number of anilines is 1. The number of halogens is 1. The molecule has 1 unspecified atom stereocenters. The Morgan fingerprint density at radius 2 is 2.08 bits per heavy atom. The molecule has 0 bridgehead atoms. The Kier molecular flexibility index (Phi) is 7.33. The largest absolute Gasteiger partial charge is 0.480 e. The number of carbonyl (C=O) groups is 2. The van der Waals surface area contributed by atoms with E-state index < -0.39 is 11.8 Å². The van der Waals surface area contributed by atoms with Crippen molar-refractivity contribution in [2.75, 3.05) is 38.5 Å². The van der Waals surface area contributed by atoms with Crippen LogP contribution >= 0.6 is 0 Å². The van der Waals surface area contributed by atoms with Gasteiger partial charge in [0.05, 0.1) is 12.2 Å². The topological polar surface area (TPSA) is 72.9 Å². The number of nitrogens with one attached hydrogen (secondary N) is 1. The minimum atomic E-state index is -0.812. The van der Waals surface area contributed by atoms with Gasteiger partial charge in [-0.3, -0.25) is 14.5 Å². The summed E-state index contributed by atoms with van der Waals surface area (Å²) in [5, 5.41) is 11.5. The van der Waals surface area contributed by atoms with Crippen molar-refractivity contribution in [3.63, 3.8) is 0 Å². The van der Waals surface area contributed by atoms with Crippen LogP contribution in [-0.2, 0) is 9.59 Å². The first kappa shape index (κ1) is 19.3. The first-order valence-electron chi connectivity index (χ1n) is 8.64. The summed E-state index contributed by atoms with van der Waals surface area (Å²) in [5.41, 5.74) is 0.207. The molecule has 0 saturated carbocycles. The number of rotatable bonds is 7. The SMILES string of the molecule is CN(CC(=O)O)C1CCCN(CCC(=O)Nc2ccccc2F)CC1. The molecule has 1 fully saturated rings. The molecule has 0 aromatic heterocycles. The lowest BCUT2D eigenvalue weighted by Crippen LogP contribution is -2.36. The van der Waals surface area contributed by atoms with Crippen molar-refractivity contribution in [3.05, 3.63) is 30.1 Å². The molecule has 1 amide bonds. The molecule has 1 aromatic rings. The fourth-order valence-corrected chi connectivity index (χ4v) is 3.18. The highest BCUT2D eigenvalue weighted by atomic mass is 19.1. The third-order valence-corrected chi connectivity index (χ3v) is 4.60. The molecule has 7 heteroatoms. The standard InChI is InChI=1S/C18H26FN3O3/c1-21(13-18(24)25)14-5-4-10-22(11-8-14)12-9-17(23)20-16-7-3-2-6-15(16)19/h2-3,6-7,14H,4-5,8-13H2,1H3,(H,20,23)(H,24,25). The van der Waals surface area contributed by atoms with E-state index in [4.69, 9.17) is 5.11 Å². The van der Waals surface area contributed by atoms with Crippen LogP contribution in [0.4, 0.5) is 10.1 Å². The molecule has 138 valence electrons. The lowest BCUT2D eigenvalue weighted by atomic mass is 10.1. The van der Waals surface area contributed by atoms with Gasteiger partial charge in [0.2, 0.25) is 5.91 Å². The van der Waals surface area contributed by atoms with Gasteiger partial charge in [-0.15, -0.1) is 0 Å². The van der Waals surface area contributed by atoms with E-state index in [-0.39, 0.29) is 24.2 Å².